The van der Waals surface area contributed by atoms with Crippen LogP contribution in [0.4, 0.5) is 0 Å². The topological polar surface area (TPSA) is 92.4 Å². The summed E-state index contributed by atoms with van der Waals surface area (Å²) in [6, 6.07) is 1.54. The first kappa shape index (κ1) is 15.2. The van der Waals surface area contributed by atoms with E-state index in [9.17, 15) is 14.7 Å². The SMILES string of the molecule is CCCC(C)(NC(=O)c1cc(C(C)C)on1)C(=O)O. The zero-order valence-electron chi connectivity index (χ0n) is 11.7. The predicted octanol–water partition coefficient (Wildman–Crippen LogP) is 2.17. The molecule has 0 saturated carbocycles. The van der Waals surface area contributed by atoms with E-state index in [0.717, 1.165) is 0 Å². The fourth-order valence-corrected chi connectivity index (χ4v) is 1.71. The molecule has 0 saturated heterocycles. The molecule has 0 aromatic carbocycles. The predicted molar refractivity (Wildman–Crippen MR) is 69.0 cm³/mol. The smallest absolute Gasteiger partial charge is 0.329 e. The fourth-order valence-electron chi connectivity index (χ4n) is 1.71. The van der Waals surface area contributed by atoms with Gasteiger partial charge in [0.2, 0.25) is 0 Å². The standard InChI is InChI=1S/C13H20N2O4/c1-5-6-13(4,12(17)18)14-11(16)9-7-10(8(2)3)19-15-9/h7-8H,5-6H2,1-4H3,(H,14,16)(H,17,18). The van der Waals surface area contributed by atoms with E-state index in [1.807, 2.05) is 20.8 Å². The highest BCUT2D eigenvalue weighted by Gasteiger charge is 2.34. The molecule has 1 aromatic heterocycles. The Kier molecular flexibility index (Phi) is 4.69. The number of aliphatic carboxylic acids is 1. The van der Waals surface area contributed by atoms with Gasteiger partial charge in [-0.2, -0.15) is 0 Å². The van der Waals surface area contributed by atoms with Crippen LogP contribution in [0.25, 0.3) is 0 Å². The first-order valence-electron chi connectivity index (χ1n) is 6.32. The van der Waals surface area contributed by atoms with Gasteiger partial charge in [0, 0.05) is 12.0 Å². The van der Waals surface area contributed by atoms with Crippen LogP contribution in [-0.4, -0.2) is 27.7 Å². The monoisotopic (exact) mass is 268 g/mol. The number of amides is 1. The first-order valence-corrected chi connectivity index (χ1v) is 6.32. The molecule has 0 spiro atoms. The number of carbonyl (C=O) groups excluding carboxylic acids is 1. The molecular formula is C13H20N2O4. The Balaban J connectivity index is 2.85. The van der Waals surface area contributed by atoms with Crippen LogP contribution < -0.4 is 5.32 Å². The van der Waals surface area contributed by atoms with Crippen molar-refractivity contribution in [2.75, 3.05) is 0 Å². The second-order valence-electron chi connectivity index (χ2n) is 5.11. The van der Waals surface area contributed by atoms with Crippen LogP contribution in [-0.2, 0) is 4.79 Å². The van der Waals surface area contributed by atoms with Crippen molar-refractivity contribution in [1.82, 2.24) is 10.5 Å². The summed E-state index contributed by atoms with van der Waals surface area (Å²) in [5.41, 5.74) is -1.18. The minimum Gasteiger partial charge on any atom is -0.480 e. The van der Waals surface area contributed by atoms with Crippen LogP contribution >= 0.6 is 0 Å². The van der Waals surface area contributed by atoms with Gasteiger partial charge < -0.3 is 14.9 Å². The number of nitrogens with one attached hydrogen (secondary N) is 1. The second kappa shape index (κ2) is 5.86. The molecule has 1 amide bonds. The third kappa shape index (κ3) is 3.56. The van der Waals surface area contributed by atoms with E-state index < -0.39 is 17.4 Å². The Morgan fingerprint density at radius 2 is 2.16 bits per heavy atom. The van der Waals surface area contributed by atoms with Gasteiger partial charge in [-0.05, 0) is 13.3 Å². The lowest BCUT2D eigenvalue weighted by Crippen LogP contribution is -2.52. The molecule has 19 heavy (non-hydrogen) atoms. The number of hydrogen-bond donors (Lipinski definition) is 2. The molecule has 1 unspecified atom stereocenters. The molecule has 0 bridgehead atoms. The number of carbonyl (C=O) groups is 2. The molecule has 0 aliphatic carbocycles. The molecule has 1 aromatic rings. The summed E-state index contributed by atoms with van der Waals surface area (Å²) in [6.07, 6.45) is 1.00. The quantitative estimate of drug-likeness (QED) is 0.824. The molecular weight excluding hydrogens is 248 g/mol. The maximum Gasteiger partial charge on any atom is 0.329 e. The molecule has 1 rings (SSSR count). The third-order valence-electron chi connectivity index (χ3n) is 2.94. The van der Waals surface area contributed by atoms with E-state index in [0.29, 0.717) is 18.6 Å². The number of nitrogens with zero attached hydrogens (tertiary/aromatic N) is 1. The summed E-state index contributed by atoms with van der Waals surface area (Å²) < 4.78 is 5.02. The summed E-state index contributed by atoms with van der Waals surface area (Å²) in [5.74, 6) is -0.877. The van der Waals surface area contributed by atoms with Gasteiger partial charge in [0.15, 0.2) is 5.69 Å². The summed E-state index contributed by atoms with van der Waals surface area (Å²) in [5, 5.41) is 15.4. The molecule has 6 heteroatoms. The average Bonchev–Trinajstić information content (AvgIpc) is 2.78. The first-order chi connectivity index (χ1) is 8.80. The highest BCUT2D eigenvalue weighted by Crippen LogP contribution is 2.17. The van der Waals surface area contributed by atoms with Crippen LogP contribution in [0.3, 0.4) is 0 Å². The van der Waals surface area contributed by atoms with Crippen molar-refractivity contribution in [3.63, 3.8) is 0 Å². The number of carboxylic acids is 1. The molecule has 0 radical (unpaired) electrons. The fraction of sp³-hybridized carbons (Fsp3) is 0.615. The Hall–Kier alpha value is -1.85. The maximum atomic E-state index is 12.0. The third-order valence-corrected chi connectivity index (χ3v) is 2.94. The Labute approximate surface area is 112 Å². The molecule has 0 fully saturated rings. The van der Waals surface area contributed by atoms with Crippen molar-refractivity contribution < 1.29 is 19.2 Å². The lowest BCUT2D eigenvalue weighted by Gasteiger charge is -2.25. The van der Waals surface area contributed by atoms with Crippen molar-refractivity contribution in [3.05, 3.63) is 17.5 Å². The molecule has 0 aliphatic heterocycles. The highest BCUT2D eigenvalue weighted by atomic mass is 16.5. The van der Waals surface area contributed by atoms with Crippen LogP contribution in [0.2, 0.25) is 0 Å². The number of carboxylic acid groups (broad SMARTS) is 1. The van der Waals surface area contributed by atoms with Gasteiger partial charge in [-0.3, -0.25) is 4.79 Å². The molecule has 0 aliphatic rings. The molecule has 6 nitrogen and oxygen atoms in total. The summed E-state index contributed by atoms with van der Waals surface area (Å²) >= 11 is 0. The Morgan fingerprint density at radius 3 is 2.58 bits per heavy atom. The van der Waals surface area contributed by atoms with Crippen molar-refractivity contribution in [2.24, 2.45) is 0 Å². The van der Waals surface area contributed by atoms with E-state index in [2.05, 4.69) is 10.5 Å². The Morgan fingerprint density at radius 1 is 1.53 bits per heavy atom. The Bertz CT molecular complexity index is 467. The number of rotatable bonds is 6. The highest BCUT2D eigenvalue weighted by molar-refractivity contribution is 5.96. The van der Waals surface area contributed by atoms with Crippen molar-refractivity contribution in [3.8, 4) is 0 Å². The zero-order valence-corrected chi connectivity index (χ0v) is 11.7. The van der Waals surface area contributed by atoms with E-state index >= 15 is 0 Å². The van der Waals surface area contributed by atoms with E-state index in [1.54, 1.807) is 0 Å². The number of hydrogen-bond acceptors (Lipinski definition) is 4. The normalized spacial score (nSPS) is 14.2. The van der Waals surface area contributed by atoms with Crippen molar-refractivity contribution in [1.29, 1.82) is 0 Å². The van der Waals surface area contributed by atoms with Crippen molar-refractivity contribution >= 4 is 11.9 Å². The van der Waals surface area contributed by atoms with Gasteiger partial charge in [-0.1, -0.05) is 32.3 Å². The lowest BCUT2D eigenvalue weighted by atomic mass is 9.96. The van der Waals surface area contributed by atoms with Crippen molar-refractivity contribution in [2.45, 2.75) is 52.0 Å². The molecule has 1 heterocycles. The zero-order chi connectivity index (χ0) is 14.6. The van der Waals surface area contributed by atoms with Gasteiger partial charge in [-0.15, -0.1) is 0 Å². The minimum absolute atomic E-state index is 0.104. The molecule has 106 valence electrons. The van der Waals surface area contributed by atoms with Gasteiger partial charge in [0.1, 0.15) is 11.3 Å². The summed E-state index contributed by atoms with van der Waals surface area (Å²) in [4.78, 5) is 23.2. The van der Waals surface area contributed by atoms with E-state index in [-0.39, 0.29) is 11.6 Å². The maximum absolute atomic E-state index is 12.0. The molecule has 2 N–H and O–H groups in total. The lowest BCUT2D eigenvalue weighted by molar-refractivity contribution is -0.144. The van der Waals surface area contributed by atoms with Crippen LogP contribution in [0.15, 0.2) is 10.6 Å². The van der Waals surface area contributed by atoms with E-state index in [1.165, 1.54) is 13.0 Å². The number of aromatic nitrogens is 1. The molecule has 1 atom stereocenters. The van der Waals surface area contributed by atoms with Crippen LogP contribution in [0.5, 0.6) is 0 Å². The van der Waals surface area contributed by atoms with Gasteiger partial charge >= 0.3 is 5.97 Å². The van der Waals surface area contributed by atoms with Gasteiger partial charge in [0.25, 0.3) is 5.91 Å². The van der Waals surface area contributed by atoms with Gasteiger partial charge in [-0.25, -0.2) is 4.79 Å². The largest absolute Gasteiger partial charge is 0.480 e. The van der Waals surface area contributed by atoms with Crippen LogP contribution in [0, 0.1) is 0 Å². The van der Waals surface area contributed by atoms with Gasteiger partial charge in [0.05, 0.1) is 0 Å². The minimum atomic E-state index is -1.29. The summed E-state index contributed by atoms with van der Waals surface area (Å²) in [6.45, 7) is 7.18. The average molecular weight is 268 g/mol. The summed E-state index contributed by atoms with van der Waals surface area (Å²) in [7, 11) is 0. The van der Waals surface area contributed by atoms with Crippen LogP contribution in [0.1, 0.15) is 62.7 Å². The second-order valence-corrected chi connectivity index (χ2v) is 5.11. The van der Waals surface area contributed by atoms with E-state index in [4.69, 9.17) is 4.52 Å².